The van der Waals surface area contributed by atoms with E-state index in [1.807, 2.05) is 6.07 Å². The van der Waals surface area contributed by atoms with E-state index in [-0.39, 0.29) is 32.9 Å². The first-order valence-corrected chi connectivity index (χ1v) is 18.2. The first kappa shape index (κ1) is 25.0. The Balaban J connectivity index is 1.34. The third-order valence-corrected chi connectivity index (χ3v) is 16.3. The minimum absolute atomic E-state index is 0.0350. The van der Waals surface area contributed by atoms with Gasteiger partial charge in [-0.3, -0.25) is 14.5 Å². The van der Waals surface area contributed by atoms with Crippen molar-refractivity contribution in [2.45, 2.75) is 94.1 Å². The average molecular weight is 546 g/mol. The monoisotopic (exact) mass is 545 g/mol. The summed E-state index contributed by atoms with van der Waals surface area (Å²) in [5, 5.41) is -0.245. The van der Waals surface area contributed by atoms with Gasteiger partial charge >= 0.3 is 0 Å². The quantitative estimate of drug-likeness (QED) is 0.280. The van der Waals surface area contributed by atoms with Crippen LogP contribution in [0.3, 0.4) is 0 Å². The first-order chi connectivity index (χ1) is 18.0. The van der Waals surface area contributed by atoms with Gasteiger partial charge in [0, 0.05) is 0 Å². The summed E-state index contributed by atoms with van der Waals surface area (Å²) in [5.41, 5.74) is 5.04. The topological polar surface area (TPSA) is 46.6 Å². The molecule has 200 valence electrons. The minimum Gasteiger partial charge on any atom is -0.543 e. The number of imide groups is 1. The summed E-state index contributed by atoms with van der Waals surface area (Å²) in [5.74, 6) is 3.63. The molecule has 9 rings (SSSR count). The van der Waals surface area contributed by atoms with Crippen LogP contribution in [0.25, 0.3) is 11.1 Å². The molecule has 2 atom stereocenters. The zero-order valence-corrected chi connectivity index (χ0v) is 25.1. The molecule has 6 heteroatoms. The lowest BCUT2D eigenvalue weighted by molar-refractivity contribution is -0.137. The molecule has 0 spiro atoms. The van der Waals surface area contributed by atoms with Crippen molar-refractivity contribution < 1.29 is 14.0 Å². The van der Waals surface area contributed by atoms with Crippen LogP contribution in [-0.4, -0.2) is 29.6 Å². The standard InChI is InChI=1S/C32H39NO3SSi/c1-31(2,3)38(4,5)36-26-11-10-22(15-25(26)32-16-19-12-20(17-32)14-21(13-19)18-32)23-8-6-7-9-24(23)27-28-29(34)33(27)30(35)37-28/h6-11,15,19-21,27-28H,12-14,16-18H2,1-5H3. The SMILES string of the molecule is CC(C)(C)[Si](C)(C)Oc1ccc(-c2ccccc2C2C3SC(=O)N2C3=O)cc1C12CC3CC(CC(C3)C1)C2. The minimum atomic E-state index is -2.02. The van der Waals surface area contributed by atoms with Crippen molar-refractivity contribution in [3.05, 3.63) is 53.6 Å². The highest BCUT2D eigenvalue weighted by Crippen LogP contribution is 2.62. The second kappa shape index (κ2) is 8.23. The number of β-lactam (4-membered cyclic amide) rings is 1. The van der Waals surface area contributed by atoms with Crippen molar-refractivity contribution in [3.8, 4) is 16.9 Å². The number of amides is 2. The number of benzene rings is 2. The number of hydrogen-bond acceptors (Lipinski definition) is 4. The molecule has 3 aliphatic heterocycles. The van der Waals surface area contributed by atoms with Gasteiger partial charge in [-0.05, 0) is 126 Å². The van der Waals surface area contributed by atoms with Crippen LogP contribution in [-0.2, 0) is 10.2 Å². The third-order valence-electron chi connectivity index (χ3n) is 10.8. The number of carbonyl (C=O) groups excluding carboxylic acids is 2. The molecule has 3 heterocycles. The van der Waals surface area contributed by atoms with Crippen molar-refractivity contribution >= 4 is 31.2 Å². The normalized spacial score (nSPS) is 33.6. The number of rotatable bonds is 5. The maximum Gasteiger partial charge on any atom is 0.289 e. The highest BCUT2D eigenvalue weighted by atomic mass is 32.2. The van der Waals surface area contributed by atoms with Gasteiger partial charge in [-0.2, -0.15) is 0 Å². The molecular weight excluding hydrogens is 507 g/mol. The molecule has 4 saturated carbocycles. The Bertz CT molecular complexity index is 1300. The summed E-state index contributed by atoms with van der Waals surface area (Å²) in [6, 6.07) is 15.2. The predicted molar refractivity (Wildman–Crippen MR) is 156 cm³/mol. The van der Waals surface area contributed by atoms with E-state index in [2.05, 4.69) is 70.3 Å². The molecule has 7 aliphatic rings. The van der Waals surface area contributed by atoms with Crippen molar-refractivity contribution in [2.75, 3.05) is 0 Å². The van der Waals surface area contributed by atoms with Gasteiger partial charge in [0.25, 0.3) is 5.24 Å². The Morgan fingerprint density at radius 3 is 2.13 bits per heavy atom. The van der Waals surface area contributed by atoms with E-state index < -0.39 is 8.32 Å². The van der Waals surface area contributed by atoms with Gasteiger partial charge in [-0.1, -0.05) is 51.1 Å². The molecule has 7 fully saturated rings. The summed E-state index contributed by atoms with van der Waals surface area (Å²) in [6.07, 6.45) is 8.11. The Morgan fingerprint density at radius 2 is 1.58 bits per heavy atom. The van der Waals surface area contributed by atoms with E-state index in [1.54, 1.807) is 0 Å². The van der Waals surface area contributed by atoms with Gasteiger partial charge in [0.05, 0.1) is 6.04 Å². The molecular formula is C32H39NO3SSi. The molecule has 3 saturated heterocycles. The smallest absolute Gasteiger partial charge is 0.289 e. The van der Waals surface area contributed by atoms with Crippen LogP contribution in [0.1, 0.15) is 76.5 Å². The average Bonchev–Trinajstić information content (AvgIpc) is 3.34. The second-order valence-corrected chi connectivity index (χ2v) is 20.1. The Labute approximate surface area is 232 Å². The Morgan fingerprint density at radius 1 is 0.947 bits per heavy atom. The van der Waals surface area contributed by atoms with Gasteiger partial charge in [-0.25, -0.2) is 0 Å². The molecule has 4 nitrogen and oxygen atoms in total. The number of fused-ring (bicyclic) bond motifs is 1. The number of thioether (sulfide) groups is 1. The van der Waals surface area contributed by atoms with Crippen molar-refractivity contribution in [3.63, 3.8) is 0 Å². The number of carbonyl (C=O) groups is 2. The largest absolute Gasteiger partial charge is 0.543 e. The summed E-state index contributed by atoms with van der Waals surface area (Å²) in [4.78, 5) is 26.3. The molecule has 2 aromatic carbocycles. The summed E-state index contributed by atoms with van der Waals surface area (Å²) >= 11 is 1.18. The molecule has 0 radical (unpaired) electrons. The zero-order valence-electron chi connectivity index (χ0n) is 23.3. The van der Waals surface area contributed by atoms with Crippen LogP contribution < -0.4 is 4.43 Å². The van der Waals surface area contributed by atoms with E-state index in [4.69, 9.17) is 4.43 Å². The maximum absolute atomic E-state index is 12.4. The fourth-order valence-electron chi connectivity index (χ4n) is 8.34. The molecule has 38 heavy (non-hydrogen) atoms. The summed E-state index contributed by atoms with van der Waals surface area (Å²) in [7, 11) is -2.02. The zero-order chi connectivity index (χ0) is 26.6. The Kier molecular flexibility index (Phi) is 5.40. The lowest BCUT2D eigenvalue weighted by Gasteiger charge is -2.57. The van der Waals surface area contributed by atoms with E-state index in [0.29, 0.717) is 0 Å². The van der Waals surface area contributed by atoms with Crippen molar-refractivity contribution in [1.82, 2.24) is 4.90 Å². The molecule has 2 unspecified atom stereocenters. The maximum atomic E-state index is 12.4. The van der Waals surface area contributed by atoms with Gasteiger partial charge in [0.15, 0.2) is 0 Å². The van der Waals surface area contributed by atoms with Gasteiger partial charge in [0.2, 0.25) is 14.2 Å². The first-order valence-electron chi connectivity index (χ1n) is 14.4. The molecule has 0 aromatic heterocycles. The van der Waals surface area contributed by atoms with Crippen LogP contribution in [0.2, 0.25) is 18.1 Å². The fourth-order valence-corrected chi connectivity index (χ4v) is 10.5. The van der Waals surface area contributed by atoms with E-state index in [9.17, 15) is 9.59 Å². The molecule has 0 N–H and O–H groups in total. The third kappa shape index (κ3) is 3.62. The lowest BCUT2D eigenvalue weighted by Crippen LogP contribution is -2.50. The van der Waals surface area contributed by atoms with Crippen molar-refractivity contribution in [1.29, 1.82) is 0 Å². The lowest BCUT2D eigenvalue weighted by atomic mass is 9.48. The van der Waals surface area contributed by atoms with Crippen LogP contribution in [0.4, 0.5) is 4.79 Å². The highest BCUT2D eigenvalue weighted by molar-refractivity contribution is 8.15. The fraction of sp³-hybridized carbons (Fsp3) is 0.562. The van der Waals surface area contributed by atoms with Crippen LogP contribution in [0.15, 0.2) is 42.5 Å². The van der Waals surface area contributed by atoms with Crippen LogP contribution in [0, 0.1) is 17.8 Å². The number of nitrogens with zero attached hydrogens (tertiary/aromatic N) is 1. The van der Waals surface area contributed by atoms with Gasteiger partial charge < -0.3 is 4.43 Å². The predicted octanol–water partition coefficient (Wildman–Crippen LogP) is 8.32. The molecule has 2 aromatic rings. The van der Waals surface area contributed by atoms with Crippen molar-refractivity contribution in [2.24, 2.45) is 17.8 Å². The molecule has 2 amide bonds. The van der Waals surface area contributed by atoms with Gasteiger partial charge in [0.1, 0.15) is 11.0 Å². The second-order valence-electron chi connectivity index (χ2n) is 14.3. The van der Waals surface area contributed by atoms with Gasteiger partial charge in [-0.15, -0.1) is 0 Å². The highest BCUT2D eigenvalue weighted by Gasteiger charge is 2.60. The Hall–Kier alpha value is -2.05. The van der Waals surface area contributed by atoms with E-state index >= 15 is 0 Å². The molecule has 6 bridgehead atoms. The summed E-state index contributed by atoms with van der Waals surface area (Å²) < 4.78 is 7.10. The molecule has 4 aliphatic carbocycles. The summed E-state index contributed by atoms with van der Waals surface area (Å²) in [6.45, 7) is 11.7. The van der Waals surface area contributed by atoms with Crippen LogP contribution in [0.5, 0.6) is 5.75 Å². The van der Waals surface area contributed by atoms with Crippen LogP contribution >= 0.6 is 11.8 Å². The number of hydrogen-bond donors (Lipinski definition) is 0. The van der Waals surface area contributed by atoms with E-state index in [0.717, 1.165) is 34.6 Å². The van der Waals surface area contributed by atoms with E-state index in [1.165, 1.54) is 66.3 Å².